The highest BCUT2D eigenvalue weighted by molar-refractivity contribution is 5.86. The summed E-state index contributed by atoms with van der Waals surface area (Å²) in [4.78, 5) is 0. The molecule has 3 rings (SSSR count). The molecule has 1 aromatic heterocycles. The largest absolute Gasteiger partial charge is 0.459 e. The minimum atomic E-state index is 0.495. The summed E-state index contributed by atoms with van der Waals surface area (Å²) in [6, 6.07) is 7.35. The van der Waals surface area contributed by atoms with Gasteiger partial charge in [0.05, 0.1) is 6.54 Å². The molecular weight excluding hydrogens is 258 g/mol. The van der Waals surface area contributed by atoms with E-state index >= 15 is 0 Å². The molecule has 114 valence electrons. The Morgan fingerprint density at radius 1 is 1.24 bits per heavy atom. The summed E-state index contributed by atoms with van der Waals surface area (Å²) in [6.45, 7) is 9.92. The Morgan fingerprint density at radius 3 is 2.62 bits per heavy atom. The second kappa shape index (κ2) is 5.84. The molecule has 0 aliphatic heterocycles. The van der Waals surface area contributed by atoms with E-state index in [1.807, 2.05) is 0 Å². The van der Waals surface area contributed by atoms with Crippen LogP contribution in [0.5, 0.6) is 0 Å². The van der Waals surface area contributed by atoms with Gasteiger partial charge in [-0.15, -0.1) is 0 Å². The van der Waals surface area contributed by atoms with Crippen molar-refractivity contribution in [1.29, 1.82) is 0 Å². The van der Waals surface area contributed by atoms with Gasteiger partial charge in [-0.2, -0.15) is 0 Å². The first-order valence-electron chi connectivity index (χ1n) is 8.39. The molecule has 1 atom stereocenters. The quantitative estimate of drug-likeness (QED) is 0.777. The van der Waals surface area contributed by atoms with Crippen LogP contribution in [0.3, 0.4) is 0 Å². The minimum Gasteiger partial charge on any atom is -0.459 e. The highest BCUT2D eigenvalue weighted by Gasteiger charge is 2.24. The fraction of sp³-hybridized carbons (Fsp3) is 0.579. The second-order valence-electron chi connectivity index (χ2n) is 6.78. The van der Waals surface area contributed by atoms with E-state index in [4.69, 9.17) is 4.42 Å². The summed E-state index contributed by atoms with van der Waals surface area (Å²) in [5.41, 5.74) is 3.86. The van der Waals surface area contributed by atoms with E-state index < -0.39 is 0 Å². The molecule has 1 aliphatic rings. The highest BCUT2D eigenvalue weighted by atomic mass is 16.3. The Labute approximate surface area is 127 Å². The summed E-state index contributed by atoms with van der Waals surface area (Å²) >= 11 is 0. The molecule has 1 fully saturated rings. The minimum absolute atomic E-state index is 0.495. The van der Waals surface area contributed by atoms with Gasteiger partial charge in [0.2, 0.25) is 0 Å². The van der Waals surface area contributed by atoms with Crippen molar-refractivity contribution in [2.24, 2.45) is 0 Å². The number of nitrogens with one attached hydrogen (secondary N) is 1. The topological polar surface area (TPSA) is 25.2 Å². The van der Waals surface area contributed by atoms with E-state index in [1.54, 1.807) is 0 Å². The van der Waals surface area contributed by atoms with E-state index in [1.165, 1.54) is 29.4 Å². The molecule has 2 aromatic rings. The lowest BCUT2D eigenvalue weighted by Crippen LogP contribution is -2.15. The van der Waals surface area contributed by atoms with Crippen molar-refractivity contribution in [3.8, 4) is 0 Å². The van der Waals surface area contributed by atoms with Crippen LogP contribution in [0.25, 0.3) is 11.0 Å². The van der Waals surface area contributed by atoms with Crippen LogP contribution < -0.4 is 5.32 Å². The van der Waals surface area contributed by atoms with Gasteiger partial charge in [-0.3, -0.25) is 0 Å². The zero-order valence-corrected chi connectivity index (χ0v) is 13.7. The number of para-hydroxylation sites is 1. The normalized spacial score (nSPS) is 16.8. The third-order valence-electron chi connectivity index (χ3n) is 4.71. The van der Waals surface area contributed by atoms with Crippen LogP contribution in [0, 0.1) is 0 Å². The van der Waals surface area contributed by atoms with Gasteiger partial charge in [0.15, 0.2) is 0 Å². The number of fused-ring (bicyclic) bond motifs is 1. The molecule has 1 N–H and O–H groups in total. The van der Waals surface area contributed by atoms with Crippen LogP contribution in [0.2, 0.25) is 0 Å². The average molecular weight is 285 g/mol. The number of hydrogen-bond acceptors (Lipinski definition) is 2. The molecule has 1 unspecified atom stereocenters. The van der Waals surface area contributed by atoms with Crippen molar-refractivity contribution in [3.63, 3.8) is 0 Å². The van der Waals surface area contributed by atoms with E-state index in [9.17, 15) is 0 Å². The van der Waals surface area contributed by atoms with Crippen LogP contribution in [0.4, 0.5) is 0 Å². The molecule has 1 heterocycles. The van der Waals surface area contributed by atoms with Crippen molar-refractivity contribution in [2.45, 2.75) is 71.4 Å². The number of hydrogen-bond donors (Lipinski definition) is 1. The molecule has 0 bridgehead atoms. The molecule has 0 amide bonds. The Bertz CT molecular complexity index is 622. The van der Waals surface area contributed by atoms with E-state index in [0.29, 0.717) is 17.9 Å². The maximum absolute atomic E-state index is 6.33. The molecule has 2 heteroatoms. The lowest BCUT2D eigenvalue weighted by Gasteiger charge is -2.09. The molecule has 0 spiro atoms. The van der Waals surface area contributed by atoms with Crippen molar-refractivity contribution in [2.75, 3.05) is 0 Å². The van der Waals surface area contributed by atoms with Gasteiger partial charge in [-0.1, -0.05) is 45.9 Å². The predicted octanol–water partition coefficient (Wildman–Crippen LogP) is 5.32. The third-order valence-corrected chi connectivity index (χ3v) is 4.71. The van der Waals surface area contributed by atoms with Crippen molar-refractivity contribution >= 4 is 11.0 Å². The Kier molecular flexibility index (Phi) is 4.08. The third kappa shape index (κ3) is 2.87. The molecule has 1 saturated carbocycles. The lowest BCUT2D eigenvalue weighted by atomic mass is 9.93. The lowest BCUT2D eigenvalue weighted by molar-refractivity contribution is 0.499. The molecular formula is C19H27NO. The smallest absolute Gasteiger partial charge is 0.138 e. The first-order chi connectivity index (χ1) is 10.1. The van der Waals surface area contributed by atoms with Crippen LogP contribution >= 0.6 is 0 Å². The summed E-state index contributed by atoms with van der Waals surface area (Å²) in [6.07, 6.45) is 3.78. The number of furan rings is 1. The summed E-state index contributed by atoms with van der Waals surface area (Å²) in [5, 5.41) is 4.91. The molecule has 1 aliphatic carbocycles. The fourth-order valence-corrected chi connectivity index (χ4v) is 3.11. The maximum Gasteiger partial charge on any atom is 0.138 e. The Balaban J connectivity index is 2.06. The van der Waals surface area contributed by atoms with Gasteiger partial charge < -0.3 is 9.73 Å². The molecule has 0 radical (unpaired) electrons. The zero-order valence-electron chi connectivity index (χ0n) is 13.7. The second-order valence-corrected chi connectivity index (χ2v) is 6.78. The first kappa shape index (κ1) is 14.6. The van der Waals surface area contributed by atoms with Crippen LogP contribution in [-0.4, -0.2) is 6.04 Å². The first-order valence-corrected chi connectivity index (χ1v) is 8.39. The number of rotatable bonds is 6. The summed E-state index contributed by atoms with van der Waals surface area (Å²) in [7, 11) is 0. The van der Waals surface area contributed by atoms with E-state index in [2.05, 4.69) is 51.2 Å². The van der Waals surface area contributed by atoms with Crippen LogP contribution in [0.1, 0.15) is 75.7 Å². The van der Waals surface area contributed by atoms with Gasteiger partial charge >= 0.3 is 0 Å². The highest BCUT2D eigenvalue weighted by Crippen LogP contribution is 2.37. The van der Waals surface area contributed by atoms with Gasteiger partial charge in [0.1, 0.15) is 11.3 Å². The van der Waals surface area contributed by atoms with E-state index in [0.717, 1.165) is 24.3 Å². The standard InChI is InChI=1S/C19H27NO/c1-5-13(4)15-7-6-8-16-18(12(2)3)17(21-19(15)16)11-20-14-9-10-14/h6-8,12-14,20H,5,9-11H2,1-4H3. The van der Waals surface area contributed by atoms with Gasteiger partial charge in [0, 0.05) is 17.0 Å². The summed E-state index contributed by atoms with van der Waals surface area (Å²) < 4.78 is 6.33. The van der Waals surface area contributed by atoms with E-state index in [-0.39, 0.29) is 0 Å². The van der Waals surface area contributed by atoms with Gasteiger partial charge in [0.25, 0.3) is 0 Å². The Hall–Kier alpha value is -1.28. The van der Waals surface area contributed by atoms with Crippen molar-refractivity contribution < 1.29 is 4.42 Å². The molecule has 21 heavy (non-hydrogen) atoms. The summed E-state index contributed by atoms with van der Waals surface area (Å²) in [5.74, 6) is 2.18. The fourth-order valence-electron chi connectivity index (χ4n) is 3.11. The molecule has 1 aromatic carbocycles. The Morgan fingerprint density at radius 2 is 2.00 bits per heavy atom. The van der Waals surface area contributed by atoms with Crippen LogP contribution in [-0.2, 0) is 6.54 Å². The molecule has 0 saturated heterocycles. The predicted molar refractivity (Wildman–Crippen MR) is 88.9 cm³/mol. The SMILES string of the molecule is CCC(C)c1cccc2c(C(C)C)c(CNC3CC3)oc12. The van der Waals surface area contributed by atoms with Gasteiger partial charge in [-0.05, 0) is 36.7 Å². The average Bonchev–Trinajstić information content (AvgIpc) is 3.22. The number of benzene rings is 1. The van der Waals surface area contributed by atoms with Crippen LogP contribution in [0.15, 0.2) is 22.6 Å². The molecule has 2 nitrogen and oxygen atoms in total. The van der Waals surface area contributed by atoms with Crippen molar-refractivity contribution in [1.82, 2.24) is 5.32 Å². The van der Waals surface area contributed by atoms with Gasteiger partial charge in [-0.25, -0.2) is 0 Å². The van der Waals surface area contributed by atoms with Crippen molar-refractivity contribution in [3.05, 3.63) is 35.1 Å². The monoisotopic (exact) mass is 285 g/mol. The maximum atomic E-state index is 6.33. The zero-order chi connectivity index (χ0) is 15.0.